The van der Waals surface area contributed by atoms with Crippen LogP contribution in [0.5, 0.6) is 0 Å². The molecule has 5 rings (SSSR count). The molecule has 0 aliphatic carbocycles. The summed E-state index contributed by atoms with van der Waals surface area (Å²) in [5.41, 5.74) is 8.63. The van der Waals surface area contributed by atoms with E-state index in [0.29, 0.717) is 5.82 Å². The zero-order chi connectivity index (χ0) is 20.5. The van der Waals surface area contributed by atoms with Gasteiger partial charge in [-0.05, 0) is 41.3 Å². The maximum atomic E-state index is 4.72. The Morgan fingerprint density at radius 3 is 2.53 bits per heavy atom. The lowest BCUT2D eigenvalue weighted by Gasteiger charge is -2.10. The highest BCUT2D eigenvalue weighted by atomic mass is 15.5. The molecule has 5 aromatic rings. The van der Waals surface area contributed by atoms with Crippen LogP contribution >= 0.6 is 0 Å². The molecule has 0 atom stereocenters. The van der Waals surface area contributed by atoms with Gasteiger partial charge in [0.25, 0.3) is 0 Å². The average molecular weight is 395 g/mol. The summed E-state index contributed by atoms with van der Waals surface area (Å²) in [5.74, 6) is 0.593. The molecule has 0 fully saturated rings. The van der Waals surface area contributed by atoms with E-state index < -0.39 is 0 Å². The molecule has 0 radical (unpaired) electrons. The zero-order valence-electron chi connectivity index (χ0n) is 16.9. The molecule has 0 aliphatic heterocycles. The summed E-state index contributed by atoms with van der Waals surface area (Å²) in [6.45, 7) is 4.18. The predicted molar refractivity (Wildman–Crippen MR) is 115 cm³/mol. The van der Waals surface area contributed by atoms with Crippen molar-refractivity contribution in [3.8, 4) is 22.5 Å². The minimum atomic E-state index is 0.593. The fraction of sp³-hybridized carbons (Fsp3) is 0.174. The summed E-state index contributed by atoms with van der Waals surface area (Å²) in [6, 6.07) is 18.8. The molecular weight excluding hydrogens is 374 g/mol. The van der Waals surface area contributed by atoms with Crippen molar-refractivity contribution in [1.82, 2.24) is 35.2 Å². The summed E-state index contributed by atoms with van der Waals surface area (Å²) in [7, 11) is 0. The minimum absolute atomic E-state index is 0.593. The zero-order valence-corrected chi connectivity index (χ0v) is 16.9. The maximum absolute atomic E-state index is 4.72. The molecule has 3 heterocycles. The second-order valence-electron chi connectivity index (χ2n) is 7.31. The molecule has 7 heteroatoms. The lowest BCUT2D eigenvalue weighted by Crippen LogP contribution is -2.04. The number of benzene rings is 2. The van der Waals surface area contributed by atoms with Crippen LogP contribution in [0.3, 0.4) is 0 Å². The normalized spacial score (nSPS) is 11.3. The average Bonchev–Trinajstić information content (AvgIpc) is 3.45. The third kappa shape index (κ3) is 3.24. The van der Waals surface area contributed by atoms with Gasteiger partial charge >= 0.3 is 0 Å². The Hall–Kier alpha value is -3.87. The summed E-state index contributed by atoms with van der Waals surface area (Å²) < 4.78 is 1.95. The molecule has 1 N–H and O–H groups in total. The molecule has 0 aliphatic rings. The van der Waals surface area contributed by atoms with E-state index in [4.69, 9.17) is 4.98 Å². The largest absolute Gasteiger partial charge is 0.233 e. The Balaban J connectivity index is 1.48. The van der Waals surface area contributed by atoms with E-state index in [-0.39, 0.29) is 0 Å². The van der Waals surface area contributed by atoms with Crippen LogP contribution in [-0.2, 0) is 12.8 Å². The van der Waals surface area contributed by atoms with Crippen molar-refractivity contribution in [3.05, 3.63) is 83.3 Å². The van der Waals surface area contributed by atoms with Crippen LogP contribution in [-0.4, -0.2) is 35.2 Å². The second kappa shape index (κ2) is 7.51. The lowest BCUT2D eigenvalue weighted by atomic mass is 9.97. The van der Waals surface area contributed by atoms with Crippen molar-refractivity contribution >= 4 is 5.65 Å². The fourth-order valence-electron chi connectivity index (χ4n) is 3.72. The number of nitrogens with zero attached hydrogens (tertiary/aromatic N) is 6. The van der Waals surface area contributed by atoms with Crippen LogP contribution in [0.2, 0.25) is 0 Å². The van der Waals surface area contributed by atoms with Gasteiger partial charge in [0.15, 0.2) is 5.65 Å². The van der Waals surface area contributed by atoms with Crippen molar-refractivity contribution in [2.75, 3.05) is 0 Å². The summed E-state index contributed by atoms with van der Waals surface area (Å²) in [4.78, 5) is 4.72. The molecular formula is C23H21N7. The van der Waals surface area contributed by atoms with Crippen molar-refractivity contribution in [1.29, 1.82) is 0 Å². The Morgan fingerprint density at radius 2 is 1.80 bits per heavy atom. The van der Waals surface area contributed by atoms with E-state index >= 15 is 0 Å². The van der Waals surface area contributed by atoms with Gasteiger partial charge in [0, 0.05) is 23.2 Å². The molecule has 3 aromatic heterocycles. The van der Waals surface area contributed by atoms with E-state index in [2.05, 4.69) is 76.0 Å². The molecule has 0 amide bonds. The number of aromatic nitrogens is 7. The van der Waals surface area contributed by atoms with Gasteiger partial charge in [-0.3, -0.25) is 0 Å². The molecule has 0 spiro atoms. The number of rotatable bonds is 5. The number of fused-ring (bicyclic) bond motifs is 1. The van der Waals surface area contributed by atoms with E-state index in [9.17, 15) is 0 Å². The SMILES string of the molecule is CCc1cc(Cc2ccc(-c3ccccc3-c3nn[nH]n3)cc2)n2ncc(C)c2n1. The Morgan fingerprint density at radius 1 is 1.00 bits per heavy atom. The van der Waals surface area contributed by atoms with E-state index in [0.717, 1.165) is 52.1 Å². The highest BCUT2D eigenvalue weighted by molar-refractivity contribution is 5.80. The van der Waals surface area contributed by atoms with Crippen LogP contribution in [0.15, 0.2) is 60.8 Å². The number of tetrazole rings is 1. The molecule has 0 saturated heterocycles. The van der Waals surface area contributed by atoms with E-state index in [1.54, 1.807) is 0 Å². The molecule has 0 unspecified atom stereocenters. The first kappa shape index (κ1) is 18.2. The van der Waals surface area contributed by atoms with Gasteiger partial charge < -0.3 is 0 Å². The maximum Gasteiger partial charge on any atom is 0.205 e. The molecule has 30 heavy (non-hydrogen) atoms. The third-order valence-electron chi connectivity index (χ3n) is 5.30. The molecule has 0 saturated carbocycles. The van der Waals surface area contributed by atoms with Crippen molar-refractivity contribution in [2.24, 2.45) is 0 Å². The highest BCUT2D eigenvalue weighted by Gasteiger charge is 2.12. The number of aryl methyl sites for hydroxylation is 2. The second-order valence-corrected chi connectivity index (χ2v) is 7.31. The summed E-state index contributed by atoms with van der Waals surface area (Å²) in [6.07, 6.45) is 3.57. The molecule has 7 nitrogen and oxygen atoms in total. The number of hydrogen-bond donors (Lipinski definition) is 1. The van der Waals surface area contributed by atoms with Crippen LogP contribution in [0.1, 0.15) is 29.4 Å². The quantitative estimate of drug-likeness (QED) is 0.485. The first-order valence-corrected chi connectivity index (χ1v) is 9.98. The fourth-order valence-corrected chi connectivity index (χ4v) is 3.72. The highest BCUT2D eigenvalue weighted by Crippen LogP contribution is 2.30. The van der Waals surface area contributed by atoms with Gasteiger partial charge in [-0.1, -0.05) is 55.5 Å². The monoisotopic (exact) mass is 395 g/mol. The van der Waals surface area contributed by atoms with Crippen LogP contribution in [0.25, 0.3) is 28.2 Å². The van der Waals surface area contributed by atoms with Gasteiger partial charge in [0.05, 0.1) is 11.9 Å². The van der Waals surface area contributed by atoms with Crippen molar-refractivity contribution in [2.45, 2.75) is 26.7 Å². The molecule has 0 bridgehead atoms. The van der Waals surface area contributed by atoms with Crippen molar-refractivity contribution < 1.29 is 0 Å². The summed E-state index contributed by atoms with van der Waals surface area (Å²) in [5, 5.41) is 19.0. The number of H-pyrrole nitrogens is 1. The van der Waals surface area contributed by atoms with Gasteiger partial charge in [-0.25, -0.2) is 9.50 Å². The minimum Gasteiger partial charge on any atom is -0.233 e. The molecule has 148 valence electrons. The number of aromatic amines is 1. The topological polar surface area (TPSA) is 84.7 Å². The number of nitrogens with one attached hydrogen (secondary N) is 1. The number of hydrogen-bond acceptors (Lipinski definition) is 5. The Bertz CT molecular complexity index is 1300. The van der Waals surface area contributed by atoms with E-state index in [1.807, 2.05) is 28.9 Å². The van der Waals surface area contributed by atoms with Crippen LogP contribution in [0, 0.1) is 6.92 Å². The third-order valence-corrected chi connectivity index (χ3v) is 5.30. The first-order valence-electron chi connectivity index (χ1n) is 9.98. The Labute approximate surface area is 173 Å². The van der Waals surface area contributed by atoms with Gasteiger partial charge in [0.2, 0.25) is 5.82 Å². The van der Waals surface area contributed by atoms with Gasteiger partial charge in [-0.15, -0.1) is 10.2 Å². The van der Waals surface area contributed by atoms with Gasteiger partial charge in [0.1, 0.15) is 0 Å². The molecule has 2 aromatic carbocycles. The Kier molecular flexibility index (Phi) is 4.55. The van der Waals surface area contributed by atoms with Crippen LogP contribution in [0.4, 0.5) is 0 Å². The predicted octanol–water partition coefficient (Wildman–Crippen LogP) is 4.04. The van der Waals surface area contributed by atoms with Crippen LogP contribution < -0.4 is 0 Å². The van der Waals surface area contributed by atoms with Crippen molar-refractivity contribution in [3.63, 3.8) is 0 Å². The standard InChI is InChI=1S/C23H21N7/c1-3-18-13-19(30-23(25-18)15(2)14-24-30)12-16-8-10-17(11-9-16)20-6-4-5-7-21(20)22-26-28-29-27-22/h4-11,13-14H,3,12H2,1-2H3,(H,26,27,28,29). The first-order chi connectivity index (χ1) is 14.7. The lowest BCUT2D eigenvalue weighted by molar-refractivity contribution is 0.844. The van der Waals surface area contributed by atoms with Gasteiger partial charge in [-0.2, -0.15) is 10.3 Å². The van der Waals surface area contributed by atoms with E-state index in [1.165, 1.54) is 5.56 Å². The summed E-state index contributed by atoms with van der Waals surface area (Å²) >= 11 is 0. The smallest absolute Gasteiger partial charge is 0.205 e.